The van der Waals surface area contributed by atoms with Gasteiger partial charge in [0.15, 0.2) is 9.84 Å². The van der Waals surface area contributed by atoms with Gasteiger partial charge in [0.1, 0.15) is 21.2 Å². The van der Waals surface area contributed by atoms with E-state index < -0.39 is 76.5 Å². The molecule has 0 atom stereocenters. The second-order valence-corrected chi connectivity index (χ2v) is 32.0. The van der Waals surface area contributed by atoms with Crippen LogP contribution in [-0.4, -0.2) is 107 Å². The lowest BCUT2D eigenvalue weighted by molar-refractivity contribution is 0.0516. The van der Waals surface area contributed by atoms with Crippen molar-refractivity contribution in [2.24, 2.45) is 0 Å². The number of amides is 6. The minimum atomic E-state index is -3.99. The number of ether oxygens (including phenoxy) is 2. The van der Waals surface area contributed by atoms with Gasteiger partial charge in [-0.1, -0.05) is 48.5 Å². The molecule has 6 aromatic carbocycles. The molecule has 28 heteroatoms. The van der Waals surface area contributed by atoms with E-state index in [4.69, 9.17) is 9.47 Å². The van der Waals surface area contributed by atoms with E-state index in [-0.39, 0.29) is 89.9 Å². The van der Waals surface area contributed by atoms with Crippen molar-refractivity contribution in [3.8, 4) is 21.1 Å². The van der Waals surface area contributed by atoms with Gasteiger partial charge in [-0.2, -0.15) is 0 Å². The molecule has 480 valence electrons. The summed E-state index contributed by atoms with van der Waals surface area (Å²) in [5, 5.41) is 17.6. The molecule has 10 rings (SSSR count). The monoisotopic (exact) mass is 1360 g/mol. The van der Waals surface area contributed by atoms with E-state index >= 15 is 0 Å². The Morgan fingerprint density at radius 2 is 0.967 bits per heavy atom. The third-order valence-corrected chi connectivity index (χ3v) is 22.2. The first-order valence-electron chi connectivity index (χ1n) is 28.6. The molecule has 0 saturated carbocycles. The normalized spacial score (nSPS) is 13.7. The molecule has 8 aromatic rings. The van der Waals surface area contributed by atoms with Gasteiger partial charge < -0.3 is 41.4 Å². The van der Waals surface area contributed by atoms with Crippen molar-refractivity contribution < 1.29 is 63.5 Å². The number of benzene rings is 6. The lowest BCUT2D eigenvalue weighted by Crippen LogP contribution is -2.33. The molecule has 4 heterocycles. The highest BCUT2D eigenvalue weighted by Crippen LogP contribution is 2.37. The summed E-state index contributed by atoms with van der Waals surface area (Å²) in [6, 6.07) is 34.5. The standard InChI is InChI=1S/C32H32N4O8S3.C32H32N4O6S3/c1-32(2,3)44-31(39)33-15-6-16-46(40,41)23-12-9-20(10-13-23)30-35-19-22(45-30)18-34-28(37)21-11-14-27-25(17-21)36-29(38)24-7-4-5-8-26(24)47(27,42)43;1-32(2,3)42-31(39)33-15-6-16-43-22-12-9-20(10-13-22)30-35-19-23(44-30)18-34-28(37)21-11-14-27-25(17-21)36-29(38)24-7-4-5-8-26(24)45(27,40)41/h4-5,7-14,17,19H,6,15-16,18H2,1-3H3,(H,33,39)(H,34,37)(H,36,38);4-5,7-14,17,19H,6,15-16,18H2,1-3H3,(H,33,39)(H,34,37)(H,36,38). The van der Waals surface area contributed by atoms with Crippen LogP contribution in [0.2, 0.25) is 0 Å². The van der Waals surface area contributed by atoms with Crippen molar-refractivity contribution in [3.05, 3.63) is 178 Å². The summed E-state index contributed by atoms with van der Waals surface area (Å²) in [6.07, 6.45) is 3.33. The van der Waals surface area contributed by atoms with Gasteiger partial charge in [-0.3, -0.25) is 19.2 Å². The Kier molecular flexibility index (Phi) is 20.8. The van der Waals surface area contributed by atoms with Crippen LogP contribution in [0.25, 0.3) is 21.1 Å². The van der Waals surface area contributed by atoms with E-state index in [2.05, 4.69) is 41.9 Å². The van der Waals surface area contributed by atoms with Gasteiger partial charge in [0.25, 0.3) is 23.6 Å². The number of hydrogen-bond donors (Lipinski definition) is 6. The molecule has 92 heavy (non-hydrogen) atoms. The van der Waals surface area contributed by atoms with Crippen LogP contribution in [0, 0.1) is 0 Å². The molecule has 0 fully saturated rings. The fourth-order valence-electron chi connectivity index (χ4n) is 9.13. The summed E-state index contributed by atoms with van der Waals surface area (Å²) in [5.74, 6) is -1.34. The van der Waals surface area contributed by atoms with Gasteiger partial charge >= 0.3 is 12.2 Å². The van der Waals surface area contributed by atoms with Crippen molar-refractivity contribution >= 4 is 111 Å². The van der Waals surface area contributed by atoms with E-state index in [0.717, 1.165) is 37.4 Å². The Labute approximate surface area is 544 Å². The summed E-state index contributed by atoms with van der Waals surface area (Å²) in [7, 11) is -11.5. The molecule has 2 aliphatic heterocycles. The van der Waals surface area contributed by atoms with Crippen molar-refractivity contribution in [3.63, 3.8) is 0 Å². The Hall–Kier alpha value is -8.80. The molecule has 6 N–H and O–H groups in total. The van der Waals surface area contributed by atoms with Crippen LogP contribution in [-0.2, 0) is 52.1 Å². The third-order valence-electron chi connectivity index (χ3n) is 13.4. The molecule has 22 nitrogen and oxygen atoms in total. The zero-order chi connectivity index (χ0) is 66.2. The van der Waals surface area contributed by atoms with Crippen molar-refractivity contribution in [2.75, 3.05) is 35.2 Å². The predicted molar refractivity (Wildman–Crippen MR) is 351 cm³/mol. The molecule has 0 unspecified atom stereocenters. The lowest BCUT2D eigenvalue weighted by atomic mass is 10.1. The molecule has 0 saturated heterocycles. The topological polar surface area (TPSA) is 321 Å². The van der Waals surface area contributed by atoms with Crippen molar-refractivity contribution in [2.45, 2.75) is 108 Å². The molecule has 0 radical (unpaired) electrons. The second-order valence-electron chi connectivity index (χ2n) is 22.7. The number of carbonyl (C=O) groups is 6. The SMILES string of the molecule is CC(C)(C)OC(=O)NCCCS(=O)(=O)c1ccc(-c2ncc(CNC(=O)c3ccc4c(c3)NC(=O)c3ccccc3S4(=O)=O)s2)cc1.CC(C)(C)OC(=O)NCCCSc1ccc(-c2ncc(CNC(=O)c3ccc4c(c3)NC(=O)c3ccccc3S4(=O)=O)s2)cc1. The Morgan fingerprint density at radius 3 is 1.41 bits per heavy atom. The summed E-state index contributed by atoms with van der Waals surface area (Å²) in [5.41, 5.74) is 1.02. The van der Waals surface area contributed by atoms with Gasteiger partial charge in [-0.15, -0.1) is 34.4 Å². The highest BCUT2D eigenvalue weighted by molar-refractivity contribution is 7.99. The fraction of sp³-hybridized carbons (Fsp3) is 0.250. The van der Waals surface area contributed by atoms with Gasteiger partial charge in [-0.05, 0) is 145 Å². The summed E-state index contributed by atoms with van der Waals surface area (Å²) >= 11 is 4.47. The van der Waals surface area contributed by atoms with Crippen LogP contribution in [0.15, 0.2) is 175 Å². The van der Waals surface area contributed by atoms with E-state index in [1.807, 2.05) is 45.0 Å². The van der Waals surface area contributed by atoms with Crippen LogP contribution in [0.4, 0.5) is 21.0 Å². The van der Waals surface area contributed by atoms with Crippen molar-refractivity contribution in [1.82, 2.24) is 31.2 Å². The average Bonchev–Trinajstić information content (AvgIpc) is 1.56. The second kappa shape index (κ2) is 28.4. The molecular weight excluding hydrogens is 1300 g/mol. The van der Waals surface area contributed by atoms with Crippen LogP contribution in [0.1, 0.15) is 106 Å². The van der Waals surface area contributed by atoms with E-state index in [9.17, 15) is 54.0 Å². The number of nitrogens with one attached hydrogen (secondary N) is 6. The maximum absolute atomic E-state index is 13.2. The fourth-order valence-corrected chi connectivity index (χ4v) is 16.2. The number of thioether (sulfide) groups is 1. The zero-order valence-corrected chi connectivity index (χ0v) is 55.5. The van der Waals surface area contributed by atoms with Crippen LogP contribution in [0.5, 0.6) is 0 Å². The smallest absolute Gasteiger partial charge is 0.407 e. The Balaban J connectivity index is 0.000000218. The maximum Gasteiger partial charge on any atom is 0.407 e. The molecule has 2 aromatic heterocycles. The van der Waals surface area contributed by atoms with Crippen molar-refractivity contribution in [1.29, 1.82) is 0 Å². The molecule has 2 aliphatic rings. The van der Waals surface area contributed by atoms with Crippen LogP contribution >= 0.6 is 34.4 Å². The number of thiazole rings is 2. The molecule has 0 bridgehead atoms. The number of rotatable bonds is 18. The first-order valence-corrected chi connectivity index (χ1v) is 35.8. The molecule has 6 amide bonds. The Bertz CT molecular complexity index is 4480. The highest BCUT2D eigenvalue weighted by atomic mass is 32.2. The van der Waals surface area contributed by atoms with Gasteiger partial charge in [-0.25, -0.2) is 44.8 Å². The Morgan fingerprint density at radius 1 is 0.543 bits per heavy atom. The molecular formula is C64H64N8O14S6. The number of aromatic nitrogens is 2. The van der Waals surface area contributed by atoms with Gasteiger partial charge in [0.2, 0.25) is 19.7 Å². The lowest BCUT2D eigenvalue weighted by Gasteiger charge is -2.19. The number of fused-ring (bicyclic) bond motifs is 4. The van der Waals surface area contributed by atoms with Gasteiger partial charge in [0.05, 0.1) is 65.8 Å². The zero-order valence-electron chi connectivity index (χ0n) is 50.6. The van der Waals surface area contributed by atoms with E-state index in [1.165, 1.54) is 95.5 Å². The predicted octanol–water partition coefficient (Wildman–Crippen LogP) is 11.0. The van der Waals surface area contributed by atoms with Crippen LogP contribution < -0.4 is 31.9 Å². The minimum Gasteiger partial charge on any atom is -0.444 e. The number of hydrogen-bond acceptors (Lipinski definition) is 19. The van der Waals surface area contributed by atoms with E-state index in [1.54, 1.807) is 81.3 Å². The highest BCUT2D eigenvalue weighted by Gasteiger charge is 2.33. The largest absolute Gasteiger partial charge is 0.444 e. The number of alkyl carbamates (subject to hydrolysis) is 2. The number of carbonyl (C=O) groups excluding carboxylic acids is 6. The minimum absolute atomic E-state index is 0.0156. The number of anilines is 2. The summed E-state index contributed by atoms with van der Waals surface area (Å²) in [6.45, 7) is 11.8. The van der Waals surface area contributed by atoms with Gasteiger partial charge in [0, 0.05) is 62.4 Å². The van der Waals surface area contributed by atoms with E-state index in [0.29, 0.717) is 17.1 Å². The first-order chi connectivity index (χ1) is 43.5. The molecule has 0 spiro atoms. The van der Waals surface area contributed by atoms with Crippen LogP contribution in [0.3, 0.4) is 0 Å². The number of sulfone groups is 3. The number of nitrogens with zero attached hydrogens (tertiary/aromatic N) is 2. The average molecular weight is 1360 g/mol. The maximum atomic E-state index is 13.2. The molecule has 0 aliphatic carbocycles. The quantitative estimate of drug-likeness (QED) is 0.0343. The summed E-state index contributed by atoms with van der Waals surface area (Å²) in [4.78, 5) is 86.2. The summed E-state index contributed by atoms with van der Waals surface area (Å²) < 4.78 is 88.7. The first kappa shape index (κ1) is 67.6. The third kappa shape index (κ3) is 17.0.